The number of allylic oxidation sites excluding steroid dienone is 2. The van der Waals surface area contributed by atoms with E-state index >= 15 is 0 Å². The molecule has 0 spiro atoms. The molecule has 28 heavy (non-hydrogen) atoms. The standard InChI is InChI=1S/C21H22BrNO5/c1-3-13-20(21(25)26-4-2)18(19-14(23-13)6-5-7-15(19)24)11-8-16-17(9-12(11)22)28-10-27-16/h8-9,18,20H,3-7,10H2,1-2H3/t18-,20?/m1/s1. The van der Waals surface area contributed by atoms with Gasteiger partial charge in [0, 0.05) is 33.8 Å². The Hall–Kier alpha value is -2.15. The van der Waals surface area contributed by atoms with Crippen LogP contribution in [0.3, 0.4) is 0 Å². The van der Waals surface area contributed by atoms with Crippen molar-refractivity contribution in [2.75, 3.05) is 13.4 Å². The van der Waals surface area contributed by atoms with E-state index in [9.17, 15) is 9.59 Å². The molecule has 1 unspecified atom stereocenters. The number of aliphatic imine (C=N–C) groups is 1. The number of halogens is 1. The van der Waals surface area contributed by atoms with Crippen molar-refractivity contribution in [2.24, 2.45) is 10.9 Å². The van der Waals surface area contributed by atoms with Gasteiger partial charge in [0.2, 0.25) is 6.79 Å². The third-order valence-corrected chi connectivity index (χ3v) is 6.13. The van der Waals surface area contributed by atoms with Gasteiger partial charge in [0.05, 0.1) is 6.61 Å². The van der Waals surface area contributed by atoms with Gasteiger partial charge in [-0.15, -0.1) is 0 Å². The van der Waals surface area contributed by atoms with Crippen molar-refractivity contribution < 1.29 is 23.8 Å². The van der Waals surface area contributed by atoms with Crippen LogP contribution in [0.5, 0.6) is 11.5 Å². The van der Waals surface area contributed by atoms with Gasteiger partial charge >= 0.3 is 5.97 Å². The average Bonchev–Trinajstić information content (AvgIpc) is 3.13. The molecule has 2 heterocycles. The van der Waals surface area contributed by atoms with Crippen molar-refractivity contribution in [3.63, 3.8) is 0 Å². The van der Waals surface area contributed by atoms with Gasteiger partial charge in [0.25, 0.3) is 0 Å². The predicted octanol–water partition coefficient (Wildman–Crippen LogP) is 4.31. The largest absolute Gasteiger partial charge is 0.465 e. The third kappa shape index (κ3) is 3.15. The van der Waals surface area contributed by atoms with Gasteiger partial charge in [-0.25, -0.2) is 0 Å². The maximum Gasteiger partial charge on any atom is 0.315 e. The Bertz CT molecular complexity index is 904. The fraction of sp³-hybridized carbons (Fsp3) is 0.476. The number of nitrogens with zero attached hydrogens (tertiary/aromatic N) is 1. The van der Waals surface area contributed by atoms with E-state index in [2.05, 4.69) is 15.9 Å². The fourth-order valence-corrected chi connectivity index (χ4v) is 4.80. The zero-order valence-electron chi connectivity index (χ0n) is 15.9. The molecule has 6 nitrogen and oxygen atoms in total. The SMILES string of the molecule is CCOC(=O)C1C(CC)=NC2=C(C(=O)CCC2)[C@H]1c1cc2c(cc1Br)OCO2. The minimum absolute atomic E-state index is 0.0593. The normalized spacial score (nSPS) is 23.4. The van der Waals surface area contributed by atoms with E-state index < -0.39 is 11.8 Å². The number of ether oxygens (including phenoxy) is 3. The Balaban J connectivity index is 1.91. The van der Waals surface area contributed by atoms with Crippen LogP contribution in [0.1, 0.15) is 51.0 Å². The number of hydrogen-bond acceptors (Lipinski definition) is 6. The van der Waals surface area contributed by atoms with E-state index in [1.807, 2.05) is 19.1 Å². The lowest BCUT2D eigenvalue weighted by molar-refractivity contribution is -0.146. The summed E-state index contributed by atoms with van der Waals surface area (Å²) in [6.07, 6.45) is 2.63. The van der Waals surface area contributed by atoms with Crippen molar-refractivity contribution >= 4 is 33.4 Å². The van der Waals surface area contributed by atoms with Crippen molar-refractivity contribution in [1.29, 1.82) is 0 Å². The van der Waals surface area contributed by atoms with Crippen molar-refractivity contribution in [2.45, 2.75) is 45.4 Å². The monoisotopic (exact) mass is 447 g/mol. The quantitative estimate of drug-likeness (QED) is 0.642. The summed E-state index contributed by atoms with van der Waals surface area (Å²) in [5.41, 5.74) is 3.04. The molecule has 0 N–H and O–H groups in total. The Kier molecular flexibility index (Phi) is 5.27. The summed E-state index contributed by atoms with van der Waals surface area (Å²) in [5, 5.41) is 0. The van der Waals surface area contributed by atoms with Crippen LogP contribution in [0, 0.1) is 5.92 Å². The first-order chi connectivity index (χ1) is 13.5. The number of fused-ring (bicyclic) bond motifs is 1. The van der Waals surface area contributed by atoms with Crippen LogP contribution in [-0.2, 0) is 14.3 Å². The minimum Gasteiger partial charge on any atom is -0.465 e. The van der Waals surface area contributed by atoms with Crippen LogP contribution in [0.4, 0.5) is 0 Å². The maximum absolute atomic E-state index is 13.0. The topological polar surface area (TPSA) is 74.2 Å². The molecule has 1 aromatic carbocycles. The molecular formula is C21H22BrNO5. The van der Waals surface area contributed by atoms with Crippen LogP contribution in [-0.4, -0.2) is 30.9 Å². The molecule has 0 fully saturated rings. The third-order valence-electron chi connectivity index (χ3n) is 5.44. The summed E-state index contributed by atoms with van der Waals surface area (Å²) in [4.78, 5) is 30.6. The average molecular weight is 448 g/mol. The second-order valence-electron chi connectivity index (χ2n) is 7.03. The Labute approximate surface area is 172 Å². The van der Waals surface area contributed by atoms with Gasteiger partial charge in [-0.05, 0) is 43.9 Å². The summed E-state index contributed by atoms with van der Waals surface area (Å²) in [5.74, 6) is -0.0911. The molecule has 7 heteroatoms. The summed E-state index contributed by atoms with van der Waals surface area (Å²) in [6, 6.07) is 3.71. The number of carbonyl (C=O) groups excluding carboxylic acids is 2. The maximum atomic E-state index is 13.0. The van der Waals surface area contributed by atoms with Gasteiger partial charge in [-0.2, -0.15) is 0 Å². The molecule has 4 rings (SSSR count). The van der Waals surface area contributed by atoms with E-state index in [4.69, 9.17) is 19.2 Å². The smallest absolute Gasteiger partial charge is 0.315 e. The molecule has 3 aliphatic rings. The molecule has 0 amide bonds. The van der Waals surface area contributed by atoms with E-state index in [1.165, 1.54) is 0 Å². The highest BCUT2D eigenvalue weighted by molar-refractivity contribution is 9.10. The zero-order chi connectivity index (χ0) is 19.8. The molecule has 0 radical (unpaired) electrons. The lowest BCUT2D eigenvalue weighted by Gasteiger charge is -2.35. The van der Waals surface area contributed by atoms with Crippen molar-refractivity contribution in [1.82, 2.24) is 0 Å². The lowest BCUT2D eigenvalue weighted by Crippen LogP contribution is -2.38. The number of ketones is 1. The first-order valence-electron chi connectivity index (χ1n) is 9.64. The van der Waals surface area contributed by atoms with Crippen LogP contribution >= 0.6 is 15.9 Å². The van der Waals surface area contributed by atoms with Crippen LogP contribution < -0.4 is 9.47 Å². The van der Waals surface area contributed by atoms with E-state index in [0.29, 0.717) is 29.9 Å². The summed E-state index contributed by atoms with van der Waals surface area (Å²) < 4.78 is 17.2. The van der Waals surface area contributed by atoms with Crippen LogP contribution in [0.15, 0.2) is 32.9 Å². The molecule has 2 atom stereocenters. The van der Waals surface area contributed by atoms with Gasteiger partial charge in [0.15, 0.2) is 17.3 Å². The molecular weight excluding hydrogens is 426 g/mol. The number of hydrogen-bond donors (Lipinski definition) is 0. The molecule has 0 bridgehead atoms. The fourth-order valence-electron chi connectivity index (χ4n) is 4.23. The Morgan fingerprint density at radius 3 is 2.71 bits per heavy atom. The summed E-state index contributed by atoms with van der Waals surface area (Å²) in [6.45, 7) is 4.20. The van der Waals surface area contributed by atoms with E-state index in [0.717, 1.165) is 34.3 Å². The number of benzene rings is 1. The van der Waals surface area contributed by atoms with Gasteiger partial charge in [-0.1, -0.05) is 22.9 Å². The second kappa shape index (κ2) is 7.70. The molecule has 2 aliphatic heterocycles. The number of rotatable bonds is 4. The van der Waals surface area contributed by atoms with Crippen molar-refractivity contribution in [3.8, 4) is 11.5 Å². The first kappa shape index (κ1) is 19.2. The van der Waals surface area contributed by atoms with Crippen molar-refractivity contribution in [3.05, 3.63) is 33.4 Å². The minimum atomic E-state index is -0.623. The van der Waals surface area contributed by atoms with Gasteiger partial charge in [0.1, 0.15) is 5.92 Å². The molecule has 0 saturated heterocycles. The van der Waals surface area contributed by atoms with Crippen LogP contribution in [0.2, 0.25) is 0 Å². The molecule has 0 aromatic heterocycles. The Morgan fingerprint density at radius 2 is 2.00 bits per heavy atom. The highest BCUT2D eigenvalue weighted by Crippen LogP contribution is 2.48. The van der Waals surface area contributed by atoms with Gasteiger partial charge < -0.3 is 14.2 Å². The lowest BCUT2D eigenvalue weighted by atomic mass is 9.71. The molecule has 148 valence electrons. The second-order valence-corrected chi connectivity index (χ2v) is 7.88. The summed E-state index contributed by atoms with van der Waals surface area (Å²) in [7, 11) is 0. The number of esters is 1. The molecule has 1 aliphatic carbocycles. The number of Topliss-reactive ketones (excluding diaryl/α,β-unsaturated/α-hetero) is 1. The highest BCUT2D eigenvalue weighted by atomic mass is 79.9. The van der Waals surface area contributed by atoms with Crippen LogP contribution in [0.25, 0.3) is 0 Å². The predicted molar refractivity (Wildman–Crippen MR) is 107 cm³/mol. The highest BCUT2D eigenvalue weighted by Gasteiger charge is 2.45. The van der Waals surface area contributed by atoms with E-state index in [1.54, 1.807) is 6.92 Å². The zero-order valence-corrected chi connectivity index (χ0v) is 17.5. The van der Waals surface area contributed by atoms with E-state index in [-0.39, 0.29) is 25.2 Å². The first-order valence-corrected chi connectivity index (χ1v) is 10.4. The molecule has 1 aromatic rings. The summed E-state index contributed by atoms with van der Waals surface area (Å²) >= 11 is 3.62. The number of carbonyl (C=O) groups is 2. The molecule has 0 saturated carbocycles. The Morgan fingerprint density at radius 1 is 1.25 bits per heavy atom. The van der Waals surface area contributed by atoms with Gasteiger partial charge in [-0.3, -0.25) is 14.6 Å².